The summed E-state index contributed by atoms with van der Waals surface area (Å²) in [6.45, 7) is 6.71. The average Bonchev–Trinajstić information content (AvgIpc) is 2.65. The third kappa shape index (κ3) is 9.96. The molecule has 144 valence electrons. The van der Waals surface area contributed by atoms with Crippen LogP contribution in [0.3, 0.4) is 0 Å². The summed E-state index contributed by atoms with van der Waals surface area (Å²) in [4.78, 5) is 0. The molecule has 1 aromatic carbocycles. The minimum absolute atomic E-state index is 0.0207. The Kier molecular flexibility index (Phi) is 12.8. The Morgan fingerprint density at radius 3 is 1.80 bits per heavy atom. The molecule has 1 atom stereocenters. The van der Waals surface area contributed by atoms with Crippen molar-refractivity contribution in [1.29, 1.82) is 0 Å². The van der Waals surface area contributed by atoms with E-state index >= 15 is 0 Å². The molecule has 25 heavy (non-hydrogen) atoms. The van der Waals surface area contributed by atoms with Crippen LogP contribution in [-0.2, 0) is 4.57 Å². The van der Waals surface area contributed by atoms with Crippen LogP contribution in [0.5, 0.6) is 0 Å². The first-order valence-corrected chi connectivity index (χ1v) is 14.5. The Balaban J connectivity index is 2.48. The third-order valence-corrected chi connectivity index (χ3v) is 11.1. The molecule has 1 unspecified atom stereocenters. The minimum Gasteiger partial charge on any atom is -0.324 e. The second kappa shape index (κ2) is 14.0. The van der Waals surface area contributed by atoms with Crippen molar-refractivity contribution < 1.29 is 4.57 Å². The first kappa shape index (κ1) is 22.9. The van der Waals surface area contributed by atoms with Gasteiger partial charge in [-0.15, -0.1) is 0 Å². The highest BCUT2D eigenvalue weighted by Gasteiger charge is 2.20. The summed E-state index contributed by atoms with van der Waals surface area (Å²) in [5.74, 6) is 0. The zero-order valence-corrected chi connectivity index (χ0v) is 18.7. The van der Waals surface area contributed by atoms with Gasteiger partial charge in [0, 0.05) is 18.5 Å². The normalized spacial score (nSPS) is 13.1. The first-order valence-electron chi connectivity index (χ1n) is 10.5. The van der Waals surface area contributed by atoms with Crippen molar-refractivity contribution >= 4 is 20.4 Å². The smallest absolute Gasteiger partial charge is 0.0877 e. The molecule has 1 nitrogen and oxygen atoms in total. The van der Waals surface area contributed by atoms with E-state index in [1.165, 1.54) is 50.8 Å². The van der Waals surface area contributed by atoms with Crippen LogP contribution in [0.1, 0.15) is 72.1 Å². The molecule has 0 heterocycles. The van der Waals surface area contributed by atoms with Crippen molar-refractivity contribution in [3.8, 4) is 0 Å². The van der Waals surface area contributed by atoms with Gasteiger partial charge in [0.25, 0.3) is 0 Å². The number of hydrogen-bond donors (Lipinski definition) is 0. The lowest BCUT2D eigenvalue weighted by atomic mass is 10.4. The maximum Gasteiger partial charge on any atom is 0.0877 e. The van der Waals surface area contributed by atoms with Crippen molar-refractivity contribution in [1.82, 2.24) is 0 Å². The molecule has 0 bridgehead atoms. The summed E-state index contributed by atoms with van der Waals surface area (Å²) in [5.41, 5.74) is 0. The second-order valence-corrected chi connectivity index (χ2v) is 13.3. The average molecular weight is 383 g/mol. The van der Waals surface area contributed by atoms with Crippen molar-refractivity contribution in [2.45, 2.75) is 72.1 Å². The molecule has 0 saturated carbocycles. The molecule has 0 aromatic heterocycles. The van der Waals surface area contributed by atoms with E-state index in [0.717, 1.165) is 31.3 Å². The molecule has 0 N–H and O–H groups in total. The van der Waals surface area contributed by atoms with E-state index in [9.17, 15) is 4.57 Å². The topological polar surface area (TPSA) is 17.1 Å². The van der Waals surface area contributed by atoms with Crippen LogP contribution in [0.4, 0.5) is 0 Å². The van der Waals surface area contributed by atoms with Gasteiger partial charge in [-0.3, -0.25) is 0 Å². The summed E-state index contributed by atoms with van der Waals surface area (Å²) < 4.78 is 13.2. The molecular formula is C22H40OP2. The summed E-state index contributed by atoms with van der Waals surface area (Å²) in [6.07, 6.45) is 15.4. The van der Waals surface area contributed by atoms with Crippen molar-refractivity contribution in [2.75, 3.05) is 30.8 Å². The molecule has 1 aromatic rings. The molecule has 0 aliphatic carbocycles. The Morgan fingerprint density at radius 2 is 1.24 bits per heavy atom. The predicted octanol–water partition coefficient (Wildman–Crippen LogP) is 7.34. The minimum atomic E-state index is -1.90. The maximum atomic E-state index is 13.2. The highest BCUT2D eigenvalue weighted by Crippen LogP contribution is 2.48. The quantitative estimate of drug-likeness (QED) is 0.229. The molecule has 0 amide bonds. The second-order valence-electron chi connectivity index (χ2n) is 7.32. The van der Waals surface area contributed by atoms with E-state index in [4.69, 9.17) is 0 Å². The van der Waals surface area contributed by atoms with Crippen LogP contribution in [0.2, 0.25) is 0 Å². The molecule has 0 aliphatic heterocycles. The van der Waals surface area contributed by atoms with Crippen molar-refractivity contribution in [3.63, 3.8) is 0 Å². The van der Waals surface area contributed by atoms with Crippen molar-refractivity contribution in [2.24, 2.45) is 0 Å². The van der Waals surface area contributed by atoms with Gasteiger partial charge in [0.15, 0.2) is 0 Å². The molecule has 0 radical (unpaired) electrons. The molecule has 0 spiro atoms. The molecule has 3 heteroatoms. The van der Waals surface area contributed by atoms with Gasteiger partial charge in [0.2, 0.25) is 0 Å². The molecule has 0 fully saturated rings. The van der Waals surface area contributed by atoms with Gasteiger partial charge in [0.1, 0.15) is 0 Å². The predicted molar refractivity (Wildman–Crippen MR) is 119 cm³/mol. The summed E-state index contributed by atoms with van der Waals surface area (Å²) in [7, 11) is -1.92. The van der Waals surface area contributed by atoms with Gasteiger partial charge >= 0.3 is 0 Å². The number of hydrogen-bond acceptors (Lipinski definition) is 1. The maximum absolute atomic E-state index is 13.2. The van der Waals surface area contributed by atoms with Gasteiger partial charge in [-0.2, -0.15) is 0 Å². The van der Waals surface area contributed by atoms with Crippen LogP contribution in [-0.4, -0.2) is 30.8 Å². The van der Waals surface area contributed by atoms with Gasteiger partial charge in [-0.25, -0.2) is 0 Å². The zero-order valence-electron chi connectivity index (χ0n) is 16.9. The van der Waals surface area contributed by atoms with E-state index in [1.807, 2.05) is 0 Å². The van der Waals surface area contributed by atoms with Crippen LogP contribution < -0.4 is 5.30 Å². The summed E-state index contributed by atoms with van der Waals surface area (Å²) in [6, 6.07) is 11.1. The molecule has 0 saturated heterocycles. The Morgan fingerprint density at radius 1 is 0.720 bits per heavy atom. The molecular weight excluding hydrogens is 342 g/mol. The monoisotopic (exact) mass is 382 g/mol. The Hall–Kier alpha value is -0.120. The van der Waals surface area contributed by atoms with Gasteiger partial charge < -0.3 is 4.57 Å². The van der Waals surface area contributed by atoms with Crippen molar-refractivity contribution in [3.05, 3.63) is 30.3 Å². The molecule has 1 rings (SSSR count). The van der Waals surface area contributed by atoms with E-state index in [0.29, 0.717) is 0 Å². The van der Waals surface area contributed by atoms with E-state index in [-0.39, 0.29) is 7.92 Å². The summed E-state index contributed by atoms with van der Waals surface area (Å²) in [5, 5.41) is 1.56. The fourth-order valence-electron chi connectivity index (χ4n) is 3.29. The van der Waals surface area contributed by atoms with Gasteiger partial charge in [-0.05, 0) is 49.7 Å². The van der Waals surface area contributed by atoms with E-state index < -0.39 is 7.14 Å². The lowest BCUT2D eigenvalue weighted by Crippen LogP contribution is -2.07. The van der Waals surface area contributed by atoms with Crippen LogP contribution in [0, 0.1) is 0 Å². The highest BCUT2D eigenvalue weighted by atomic mass is 31.2. The lowest BCUT2D eigenvalue weighted by molar-refractivity contribution is 0.567. The lowest BCUT2D eigenvalue weighted by Gasteiger charge is -2.20. The fourth-order valence-corrected chi connectivity index (χ4v) is 9.18. The van der Waals surface area contributed by atoms with E-state index in [1.54, 1.807) is 5.30 Å². The Bertz CT molecular complexity index is 460. The highest BCUT2D eigenvalue weighted by molar-refractivity contribution is 7.65. The standard InChI is InChI=1S/C22H40OP2/c1-4-7-17-24(22-15-11-10-12-16-22)18-13-14-21-25(23,19-8-5-2)20-9-6-3/h10-12,15-16H,4-9,13-14,17-21H2,1-3H3. The number of unbranched alkanes of at least 4 members (excludes halogenated alkanes) is 4. The first-order chi connectivity index (χ1) is 12.1. The summed E-state index contributed by atoms with van der Waals surface area (Å²) >= 11 is 0. The third-order valence-electron chi connectivity index (χ3n) is 4.98. The number of rotatable bonds is 15. The zero-order chi connectivity index (χ0) is 18.4. The van der Waals surface area contributed by atoms with Crippen LogP contribution >= 0.6 is 15.1 Å². The largest absolute Gasteiger partial charge is 0.324 e. The van der Waals surface area contributed by atoms with Gasteiger partial charge in [-0.1, -0.05) is 78.3 Å². The fraction of sp³-hybridized carbons (Fsp3) is 0.727. The molecule has 0 aliphatic rings. The van der Waals surface area contributed by atoms with Crippen LogP contribution in [0.25, 0.3) is 0 Å². The van der Waals surface area contributed by atoms with Gasteiger partial charge in [0.05, 0.1) is 7.14 Å². The SMILES string of the molecule is CCCCP(CCCCP(=O)(CCCC)CCCC)c1ccccc1. The van der Waals surface area contributed by atoms with E-state index in [2.05, 4.69) is 51.1 Å². The number of benzene rings is 1. The van der Waals surface area contributed by atoms with Crippen LogP contribution in [0.15, 0.2) is 30.3 Å². The Labute approximate surface area is 158 Å².